The molecule has 1 spiro atoms. The summed E-state index contributed by atoms with van der Waals surface area (Å²) in [5, 5.41) is 9.22. The predicted molar refractivity (Wildman–Crippen MR) is 105 cm³/mol. The number of aliphatic hydroxyl groups excluding tert-OH is 1. The highest BCUT2D eigenvalue weighted by Gasteiger charge is 2.42. The maximum atomic E-state index is 12.8. The van der Waals surface area contributed by atoms with Crippen LogP contribution in [0.4, 0.5) is 0 Å². The number of hydrogen-bond donors (Lipinski definition) is 1. The topological polar surface area (TPSA) is 60.9 Å². The minimum atomic E-state index is 0.000428. The zero-order valence-corrected chi connectivity index (χ0v) is 16.7. The average molecular weight is 373 g/mol. The van der Waals surface area contributed by atoms with Crippen molar-refractivity contribution in [3.8, 4) is 0 Å². The van der Waals surface area contributed by atoms with Crippen molar-refractivity contribution >= 4 is 11.8 Å². The Kier molecular flexibility index (Phi) is 6.20. The van der Waals surface area contributed by atoms with Gasteiger partial charge in [0.1, 0.15) is 0 Å². The molecule has 0 aromatic heterocycles. The molecule has 27 heavy (non-hydrogen) atoms. The Balaban J connectivity index is 1.59. The Morgan fingerprint density at radius 2 is 2.00 bits per heavy atom. The van der Waals surface area contributed by atoms with E-state index in [0.29, 0.717) is 25.9 Å². The first-order chi connectivity index (χ1) is 12.9. The van der Waals surface area contributed by atoms with Crippen molar-refractivity contribution in [1.82, 2.24) is 9.80 Å². The van der Waals surface area contributed by atoms with Gasteiger partial charge in [-0.15, -0.1) is 0 Å². The van der Waals surface area contributed by atoms with Gasteiger partial charge in [0.2, 0.25) is 11.8 Å². The number of carbonyl (C=O) groups is 2. The number of likely N-dealkylation sites (tertiary alicyclic amines) is 2. The largest absolute Gasteiger partial charge is 0.395 e. The molecule has 148 valence electrons. The number of nitrogens with zero attached hydrogens (tertiary/aromatic N) is 2. The molecule has 2 aliphatic rings. The van der Waals surface area contributed by atoms with Gasteiger partial charge >= 0.3 is 0 Å². The van der Waals surface area contributed by atoms with Crippen LogP contribution < -0.4 is 0 Å². The second-order valence-electron chi connectivity index (χ2n) is 8.38. The van der Waals surface area contributed by atoms with Gasteiger partial charge in [0, 0.05) is 44.4 Å². The van der Waals surface area contributed by atoms with Crippen molar-refractivity contribution in [3.05, 3.63) is 34.9 Å². The van der Waals surface area contributed by atoms with Gasteiger partial charge in [0.25, 0.3) is 0 Å². The number of amides is 2. The summed E-state index contributed by atoms with van der Waals surface area (Å²) in [5.41, 5.74) is 3.78. The standard InChI is InChI=1S/C22H32N2O3/c1-17-4-5-19(14-18(17)2)6-7-20(26)23-11-3-9-22(15-23)10-8-21(27)24(16-22)12-13-25/h4-5,14,25H,3,6-13,15-16H2,1-2H3/t22-/m0/s1. The molecule has 0 bridgehead atoms. The van der Waals surface area contributed by atoms with E-state index in [1.165, 1.54) is 16.7 Å². The van der Waals surface area contributed by atoms with Gasteiger partial charge in [-0.25, -0.2) is 0 Å². The third-order valence-electron chi connectivity index (χ3n) is 6.33. The molecule has 0 aliphatic carbocycles. The lowest BCUT2D eigenvalue weighted by atomic mass is 9.73. The summed E-state index contributed by atoms with van der Waals surface area (Å²) in [4.78, 5) is 28.7. The quantitative estimate of drug-likeness (QED) is 0.864. The first kappa shape index (κ1) is 19.9. The van der Waals surface area contributed by atoms with E-state index in [1.807, 2.05) is 4.90 Å². The Morgan fingerprint density at radius 3 is 2.74 bits per heavy atom. The molecule has 0 radical (unpaired) electrons. The zero-order chi connectivity index (χ0) is 19.4. The Labute approximate surface area is 162 Å². The van der Waals surface area contributed by atoms with E-state index in [2.05, 4.69) is 32.0 Å². The molecule has 1 N–H and O–H groups in total. The molecule has 5 heteroatoms. The van der Waals surface area contributed by atoms with Crippen LogP contribution in [0.2, 0.25) is 0 Å². The molecular formula is C22H32N2O3. The highest BCUT2D eigenvalue weighted by molar-refractivity contribution is 5.78. The van der Waals surface area contributed by atoms with Crippen LogP contribution in [0.15, 0.2) is 18.2 Å². The summed E-state index contributed by atoms with van der Waals surface area (Å²) in [5.74, 6) is 0.353. The summed E-state index contributed by atoms with van der Waals surface area (Å²) in [6.07, 6.45) is 4.76. The molecule has 2 heterocycles. The van der Waals surface area contributed by atoms with Gasteiger partial charge in [-0.1, -0.05) is 18.2 Å². The van der Waals surface area contributed by atoms with Crippen LogP contribution in [-0.4, -0.2) is 59.5 Å². The fourth-order valence-electron chi connectivity index (χ4n) is 4.55. The van der Waals surface area contributed by atoms with Gasteiger partial charge in [0.05, 0.1) is 6.61 Å². The highest BCUT2D eigenvalue weighted by Crippen LogP contribution is 2.39. The molecule has 1 atom stereocenters. The predicted octanol–water partition coefficient (Wildman–Crippen LogP) is 2.46. The normalized spacial score (nSPS) is 23.1. The van der Waals surface area contributed by atoms with Crippen LogP contribution in [0.25, 0.3) is 0 Å². The van der Waals surface area contributed by atoms with E-state index in [1.54, 1.807) is 4.90 Å². The van der Waals surface area contributed by atoms with Crippen molar-refractivity contribution in [1.29, 1.82) is 0 Å². The number of piperidine rings is 2. The third-order valence-corrected chi connectivity index (χ3v) is 6.33. The molecule has 3 rings (SSSR count). The molecule has 1 aromatic carbocycles. The number of carbonyl (C=O) groups excluding carboxylic acids is 2. The van der Waals surface area contributed by atoms with Crippen molar-refractivity contribution in [2.75, 3.05) is 32.8 Å². The van der Waals surface area contributed by atoms with Crippen molar-refractivity contribution in [2.24, 2.45) is 5.41 Å². The van der Waals surface area contributed by atoms with Gasteiger partial charge in [-0.3, -0.25) is 9.59 Å². The Morgan fingerprint density at radius 1 is 1.19 bits per heavy atom. The summed E-state index contributed by atoms with van der Waals surface area (Å²) in [6.45, 7) is 6.86. The monoisotopic (exact) mass is 372 g/mol. The lowest BCUT2D eigenvalue weighted by molar-refractivity contribution is -0.143. The van der Waals surface area contributed by atoms with E-state index < -0.39 is 0 Å². The average Bonchev–Trinajstić information content (AvgIpc) is 2.66. The summed E-state index contributed by atoms with van der Waals surface area (Å²) >= 11 is 0. The van der Waals surface area contributed by atoms with Crippen LogP contribution in [0.5, 0.6) is 0 Å². The van der Waals surface area contributed by atoms with Crippen LogP contribution in [-0.2, 0) is 16.0 Å². The van der Waals surface area contributed by atoms with E-state index in [0.717, 1.165) is 38.8 Å². The van der Waals surface area contributed by atoms with Gasteiger partial charge in [0.15, 0.2) is 0 Å². The second kappa shape index (κ2) is 8.42. The zero-order valence-electron chi connectivity index (χ0n) is 16.7. The second-order valence-corrected chi connectivity index (χ2v) is 8.38. The number of benzene rings is 1. The van der Waals surface area contributed by atoms with E-state index in [4.69, 9.17) is 0 Å². The van der Waals surface area contributed by atoms with E-state index in [-0.39, 0.29) is 23.8 Å². The lowest BCUT2D eigenvalue weighted by Crippen LogP contribution is -2.55. The minimum absolute atomic E-state index is 0.000428. The number of β-amino-alcohol motifs (C(OH)–C–C–N with tert-alkyl or cyclic N) is 1. The minimum Gasteiger partial charge on any atom is -0.395 e. The lowest BCUT2D eigenvalue weighted by Gasteiger charge is -2.48. The van der Waals surface area contributed by atoms with Crippen molar-refractivity contribution in [3.63, 3.8) is 0 Å². The van der Waals surface area contributed by atoms with Crippen LogP contribution in [0, 0.1) is 19.3 Å². The number of rotatable bonds is 5. The smallest absolute Gasteiger partial charge is 0.222 e. The van der Waals surface area contributed by atoms with Crippen molar-refractivity contribution < 1.29 is 14.7 Å². The number of hydrogen-bond acceptors (Lipinski definition) is 3. The molecule has 5 nitrogen and oxygen atoms in total. The third kappa shape index (κ3) is 4.70. The Hall–Kier alpha value is -1.88. The molecule has 0 saturated carbocycles. The van der Waals surface area contributed by atoms with Gasteiger partial charge < -0.3 is 14.9 Å². The molecule has 0 unspecified atom stereocenters. The van der Waals surface area contributed by atoms with E-state index >= 15 is 0 Å². The van der Waals surface area contributed by atoms with Crippen LogP contribution in [0.1, 0.15) is 48.8 Å². The Bertz CT molecular complexity index is 703. The molecule has 2 saturated heterocycles. The molecular weight excluding hydrogens is 340 g/mol. The maximum Gasteiger partial charge on any atom is 0.222 e. The van der Waals surface area contributed by atoms with Crippen LogP contribution >= 0.6 is 0 Å². The fourth-order valence-corrected chi connectivity index (χ4v) is 4.55. The van der Waals surface area contributed by atoms with Gasteiger partial charge in [-0.2, -0.15) is 0 Å². The molecule has 2 fully saturated rings. The fraction of sp³-hybridized carbons (Fsp3) is 0.636. The first-order valence-corrected chi connectivity index (χ1v) is 10.1. The summed E-state index contributed by atoms with van der Waals surface area (Å²) in [7, 11) is 0. The SMILES string of the molecule is Cc1ccc(CCC(=O)N2CCC[C@]3(CCC(=O)N(CCO)C3)C2)cc1C. The molecule has 2 aliphatic heterocycles. The number of aryl methyl sites for hydroxylation is 3. The highest BCUT2D eigenvalue weighted by atomic mass is 16.3. The number of aliphatic hydroxyl groups is 1. The van der Waals surface area contributed by atoms with Crippen LogP contribution in [0.3, 0.4) is 0 Å². The van der Waals surface area contributed by atoms with Crippen molar-refractivity contribution in [2.45, 2.75) is 52.4 Å². The molecule has 1 aromatic rings. The maximum absolute atomic E-state index is 12.8. The van der Waals surface area contributed by atoms with E-state index in [9.17, 15) is 14.7 Å². The van der Waals surface area contributed by atoms with Gasteiger partial charge in [-0.05, 0) is 56.2 Å². The summed E-state index contributed by atoms with van der Waals surface area (Å²) in [6, 6.07) is 6.42. The summed E-state index contributed by atoms with van der Waals surface area (Å²) < 4.78 is 0. The molecule has 2 amide bonds. The first-order valence-electron chi connectivity index (χ1n) is 10.1.